The highest BCUT2D eigenvalue weighted by atomic mass is 16.5. The van der Waals surface area contributed by atoms with Crippen LogP contribution in [-0.2, 0) is 11.3 Å². The molecule has 0 fully saturated rings. The minimum atomic E-state index is -0.573. The Morgan fingerprint density at radius 1 is 1.55 bits per heavy atom. The maximum absolute atomic E-state index is 9.79. The molecule has 7 heteroatoms. The van der Waals surface area contributed by atoms with Gasteiger partial charge < -0.3 is 26.0 Å². The van der Waals surface area contributed by atoms with Crippen LogP contribution in [0.25, 0.3) is 0 Å². The summed E-state index contributed by atoms with van der Waals surface area (Å²) in [6.07, 6.45) is 1.91. The summed E-state index contributed by atoms with van der Waals surface area (Å²) in [4.78, 5) is 0. The van der Waals surface area contributed by atoms with E-state index in [1.807, 2.05) is 13.8 Å². The molecule has 0 amide bonds. The molecule has 0 saturated carbocycles. The van der Waals surface area contributed by atoms with E-state index in [-0.39, 0.29) is 13.2 Å². The zero-order valence-corrected chi connectivity index (χ0v) is 12.2. The molecular formula is C13H26N4O3. The second-order valence-electron chi connectivity index (χ2n) is 5.44. The Kier molecular flexibility index (Phi) is 6.94. The summed E-state index contributed by atoms with van der Waals surface area (Å²) < 4.78 is 7.44. The molecular weight excluding hydrogens is 260 g/mol. The molecule has 0 aliphatic carbocycles. The number of aliphatic hydroxyl groups is 2. The van der Waals surface area contributed by atoms with Crippen LogP contribution < -0.4 is 11.1 Å². The van der Waals surface area contributed by atoms with Crippen LogP contribution in [0.15, 0.2) is 12.3 Å². The average Bonchev–Trinajstić information content (AvgIpc) is 2.77. The highest BCUT2D eigenvalue weighted by Crippen LogP contribution is 2.13. The van der Waals surface area contributed by atoms with Gasteiger partial charge in [-0.1, -0.05) is 0 Å². The Morgan fingerprint density at radius 2 is 2.30 bits per heavy atom. The third-order valence-corrected chi connectivity index (χ3v) is 2.76. The average molecular weight is 286 g/mol. The van der Waals surface area contributed by atoms with E-state index >= 15 is 0 Å². The first kappa shape index (κ1) is 16.9. The van der Waals surface area contributed by atoms with Gasteiger partial charge in [0.05, 0.1) is 24.9 Å². The monoisotopic (exact) mass is 286 g/mol. The number of nitrogens with zero attached hydrogens (tertiary/aromatic N) is 2. The Balaban J connectivity index is 2.24. The fourth-order valence-electron chi connectivity index (χ4n) is 1.75. The minimum absolute atomic E-state index is 0.152. The van der Waals surface area contributed by atoms with Crippen molar-refractivity contribution in [1.82, 2.24) is 15.1 Å². The van der Waals surface area contributed by atoms with Crippen LogP contribution in [0.3, 0.4) is 0 Å². The van der Waals surface area contributed by atoms with Crippen molar-refractivity contribution in [2.24, 2.45) is 0 Å². The Morgan fingerprint density at radius 3 is 2.90 bits per heavy atom. The normalized spacial score (nSPS) is 13.6. The molecule has 0 radical (unpaired) electrons. The van der Waals surface area contributed by atoms with Crippen LogP contribution in [0, 0.1) is 0 Å². The van der Waals surface area contributed by atoms with Crippen molar-refractivity contribution < 1.29 is 14.9 Å². The molecule has 1 heterocycles. The summed E-state index contributed by atoms with van der Waals surface area (Å²) in [5.41, 5.74) is 5.12. The second-order valence-corrected chi connectivity index (χ2v) is 5.44. The van der Waals surface area contributed by atoms with Crippen molar-refractivity contribution in [3.63, 3.8) is 0 Å². The van der Waals surface area contributed by atoms with Gasteiger partial charge in [-0.3, -0.25) is 4.68 Å². The van der Waals surface area contributed by atoms with Crippen molar-refractivity contribution in [2.75, 3.05) is 32.0 Å². The molecule has 0 bridgehead atoms. The third kappa shape index (κ3) is 6.85. The molecule has 7 nitrogen and oxygen atoms in total. The molecule has 1 atom stereocenters. The zero-order valence-electron chi connectivity index (χ0n) is 12.2. The second kappa shape index (κ2) is 8.21. The van der Waals surface area contributed by atoms with Crippen LogP contribution in [0.5, 0.6) is 0 Å². The summed E-state index contributed by atoms with van der Waals surface area (Å²) in [7, 11) is 0. The SMILES string of the molecule is CC(C)(Cn1ccc(N)n1)OC[C@H](O)CNCCCO. The predicted octanol–water partition coefficient (Wildman–Crippen LogP) is -0.407. The largest absolute Gasteiger partial charge is 0.396 e. The van der Waals surface area contributed by atoms with Gasteiger partial charge in [-0.2, -0.15) is 5.10 Å². The first-order chi connectivity index (χ1) is 9.43. The number of nitrogen functional groups attached to an aromatic ring is 1. The standard InChI is InChI=1S/C13H26N4O3/c1-13(2,10-17-6-4-12(14)16-17)20-9-11(19)8-15-5-3-7-18/h4,6,11,15,18-19H,3,5,7-10H2,1-2H3,(H2,14,16)/t11-/m1/s1. The quantitative estimate of drug-likeness (QED) is 0.436. The lowest BCUT2D eigenvalue weighted by molar-refractivity contribution is -0.0682. The molecule has 1 aromatic rings. The van der Waals surface area contributed by atoms with E-state index in [1.54, 1.807) is 16.9 Å². The molecule has 0 aliphatic heterocycles. The van der Waals surface area contributed by atoms with Crippen LogP contribution >= 0.6 is 0 Å². The number of nitrogens with one attached hydrogen (secondary N) is 1. The van der Waals surface area contributed by atoms with E-state index < -0.39 is 11.7 Å². The van der Waals surface area contributed by atoms with E-state index in [2.05, 4.69) is 10.4 Å². The van der Waals surface area contributed by atoms with E-state index in [9.17, 15) is 5.11 Å². The number of rotatable bonds is 10. The molecule has 0 aliphatic rings. The highest BCUT2D eigenvalue weighted by molar-refractivity contribution is 5.23. The Bertz CT molecular complexity index is 381. The van der Waals surface area contributed by atoms with E-state index in [0.29, 0.717) is 31.9 Å². The lowest BCUT2D eigenvalue weighted by Crippen LogP contribution is -2.37. The molecule has 116 valence electrons. The number of hydrogen-bond donors (Lipinski definition) is 4. The van der Waals surface area contributed by atoms with Gasteiger partial charge in [0.1, 0.15) is 5.82 Å². The topological polar surface area (TPSA) is 106 Å². The number of ether oxygens (including phenoxy) is 1. The van der Waals surface area contributed by atoms with Gasteiger partial charge in [0.2, 0.25) is 0 Å². The minimum Gasteiger partial charge on any atom is -0.396 e. The van der Waals surface area contributed by atoms with Gasteiger partial charge in [-0.25, -0.2) is 0 Å². The third-order valence-electron chi connectivity index (χ3n) is 2.76. The Hall–Kier alpha value is -1.15. The molecule has 1 rings (SSSR count). The van der Waals surface area contributed by atoms with Gasteiger partial charge >= 0.3 is 0 Å². The summed E-state index contributed by atoms with van der Waals surface area (Å²) in [5.74, 6) is 0.480. The number of aromatic nitrogens is 2. The van der Waals surface area contributed by atoms with Gasteiger partial charge in [-0.05, 0) is 32.9 Å². The lowest BCUT2D eigenvalue weighted by atomic mass is 10.1. The summed E-state index contributed by atoms with van der Waals surface area (Å²) in [6, 6.07) is 1.73. The van der Waals surface area contributed by atoms with Gasteiger partial charge in [0, 0.05) is 19.3 Å². The molecule has 5 N–H and O–H groups in total. The highest BCUT2D eigenvalue weighted by Gasteiger charge is 2.21. The molecule has 20 heavy (non-hydrogen) atoms. The first-order valence-electron chi connectivity index (χ1n) is 6.85. The molecule has 1 aromatic heterocycles. The fourth-order valence-corrected chi connectivity index (χ4v) is 1.75. The summed E-state index contributed by atoms with van der Waals surface area (Å²) >= 11 is 0. The van der Waals surface area contributed by atoms with Crippen molar-refractivity contribution in [3.05, 3.63) is 12.3 Å². The smallest absolute Gasteiger partial charge is 0.145 e. The zero-order chi connectivity index (χ0) is 15.0. The number of aliphatic hydroxyl groups excluding tert-OH is 2. The van der Waals surface area contributed by atoms with Gasteiger partial charge in [0.25, 0.3) is 0 Å². The molecule has 0 saturated heterocycles. The van der Waals surface area contributed by atoms with E-state index in [1.165, 1.54) is 0 Å². The van der Waals surface area contributed by atoms with Crippen LogP contribution in [-0.4, -0.2) is 58.0 Å². The van der Waals surface area contributed by atoms with Gasteiger partial charge in [-0.15, -0.1) is 0 Å². The fraction of sp³-hybridized carbons (Fsp3) is 0.769. The van der Waals surface area contributed by atoms with Crippen molar-refractivity contribution in [3.8, 4) is 0 Å². The van der Waals surface area contributed by atoms with E-state index in [4.69, 9.17) is 15.6 Å². The number of hydrogen-bond acceptors (Lipinski definition) is 6. The van der Waals surface area contributed by atoms with Crippen LogP contribution in [0.1, 0.15) is 20.3 Å². The summed E-state index contributed by atoms with van der Waals surface area (Å²) in [5, 5.41) is 25.6. The molecule has 0 unspecified atom stereocenters. The van der Waals surface area contributed by atoms with Gasteiger partial charge in [0.15, 0.2) is 0 Å². The van der Waals surface area contributed by atoms with Crippen molar-refractivity contribution >= 4 is 5.82 Å². The van der Waals surface area contributed by atoms with Crippen molar-refractivity contribution in [2.45, 2.75) is 38.5 Å². The van der Waals surface area contributed by atoms with Crippen LogP contribution in [0.4, 0.5) is 5.82 Å². The van der Waals surface area contributed by atoms with Crippen LogP contribution in [0.2, 0.25) is 0 Å². The first-order valence-corrected chi connectivity index (χ1v) is 6.85. The Labute approximate surface area is 119 Å². The molecule has 0 aromatic carbocycles. The number of nitrogens with two attached hydrogens (primary N) is 1. The lowest BCUT2D eigenvalue weighted by Gasteiger charge is -2.26. The number of anilines is 1. The summed E-state index contributed by atoms with van der Waals surface area (Å²) in [6.45, 7) is 5.98. The maximum atomic E-state index is 9.79. The molecule has 0 spiro atoms. The maximum Gasteiger partial charge on any atom is 0.145 e. The van der Waals surface area contributed by atoms with Crippen molar-refractivity contribution in [1.29, 1.82) is 0 Å². The predicted molar refractivity (Wildman–Crippen MR) is 77.2 cm³/mol. The van der Waals surface area contributed by atoms with E-state index in [0.717, 1.165) is 0 Å².